The van der Waals surface area contributed by atoms with E-state index in [-0.39, 0.29) is 6.03 Å². The first kappa shape index (κ1) is 16.8. The van der Waals surface area contributed by atoms with Crippen molar-refractivity contribution < 1.29 is 14.1 Å². The minimum atomic E-state index is 0.0309. The number of rotatable bonds is 4. The molecule has 2 fully saturated rings. The Morgan fingerprint density at radius 2 is 2.00 bits per heavy atom. The van der Waals surface area contributed by atoms with Crippen LogP contribution in [0.3, 0.4) is 0 Å². The van der Waals surface area contributed by atoms with Crippen molar-refractivity contribution in [3.8, 4) is 0 Å². The van der Waals surface area contributed by atoms with Crippen LogP contribution < -0.4 is 5.32 Å². The van der Waals surface area contributed by atoms with Crippen molar-refractivity contribution in [1.29, 1.82) is 0 Å². The van der Waals surface area contributed by atoms with E-state index in [0.29, 0.717) is 12.6 Å². The summed E-state index contributed by atoms with van der Waals surface area (Å²) in [5.41, 5.74) is 2.13. The van der Waals surface area contributed by atoms with Gasteiger partial charge in [-0.05, 0) is 32.1 Å². The molecule has 1 aromatic rings. The number of likely N-dealkylation sites (tertiary alicyclic amines) is 1. The maximum atomic E-state index is 12.7. The Balaban J connectivity index is 1.31. The molecule has 0 bridgehead atoms. The maximum Gasteiger partial charge on any atom is 0.318 e. The minimum Gasteiger partial charge on any atom is -0.379 e. The second-order valence-corrected chi connectivity index (χ2v) is 7.30. The number of aromatic nitrogens is 1. The summed E-state index contributed by atoms with van der Waals surface area (Å²) in [6, 6.07) is 0.340. The van der Waals surface area contributed by atoms with Crippen LogP contribution in [0.15, 0.2) is 4.52 Å². The quantitative estimate of drug-likeness (QED) is 0.894. The Hall–Kier alpha value is -1.60. The number of urea groups is 1. The summed E-state index contributed by atoms with van der Waals surface area (Å²) in [5.74, 6) is 1.02. The number of nitrogens with one attached hydrogen (secondary N) is 1. The lowest BCUT2D eigenvalue weighted by atomic mass is 9.96. The van der Waals surface area contributed by atoms with Crippen LogP contribution in [0.1, 0.15) is 42.7 Å². The number of carbonyl (C=O) groups excluding carboxylic acids is 1. The van der Waals surface area contributed by atoms with E-state index in [9.17, 15) is 4.79 Å². The Morgan fingerprint density at radius 1 is 1.16 bits per heavy atom. The fourth-order valence-electron chi connectivity index (χ4n) is 4.22. The number of hydrogen-bond donors (Lipinski definition) is 1. The number of carbonyl (C=O) groups is 1. The number of fused-ring (bicyclic) bond motifs is 1. The van der Waals surface area contributed by atoms with E-state index >= 15 is 0 Å². The summed E-state index contributed by atoms with van der Waals surface area (Å²) in [6.07, 6.45) is 6.53. The third kappa shape index (κ3) is 3.82. The Bertz CT molecular complexity index is 597. The van der Waals surface area contributed by atoms with Gasteiger partial charge in [-0.1, -0.05) is 5.16 Å². The highest BCUT2D eigenvalue weighted by molar-refractivity contribution is 5.74. The van der Waals surface area contributed by atoms with Gasteiger partial charge in [0.2, 0.25) is 0 Å². The highest BCUT2D eigenvalue weighted by Crippen LogP contribution is 2.24. The van der Waals surface area contributed by atoms with E-state index in [1.165, 1.54) is 18.4 Å². The normalized spacial score (nSPS) is 24.3. The molecule has 138 valence electrons. The molecule has 0 radical (unpaired) electrons. The highest BCUT2D eigenvalue weighted by Gasteiger charge is 2.31. The van der Waals surface area contributed by atoms with Crippen molar-refractivity contribution in [2.75, 3.05) is 39.4 Å². The van der Waals surface area contributed by atoms with Crippen molar-refractivity contribution in [2.24, 2.45) is 0 Å². The maximum absolute atomic E-state index is 12.7. The molecule has 0 aromatic carbocycles. The Labute approximate surface area is 148 Å². The van der Waals surface area contributed by atoms with Crippen LogP contribution in [-0.2, 0) is 24.1 Å². The molecule has 7 heteroatoms. The largest absolute Gasteiger partial charge is 0.379 e. The molecular weight excluding hydrogens is 320 g/mol. The van der Waals surface area contributed by atoms with Crippen LogP contribution in [-0.4, -0.2) is 66.4 Å². The summed E-state index contributed by atoms with van der Waals surface area (Å²) in [6.45, 7) is 5.81. The van der Waals surface area contributed by atoms with Gasteiger partial charge in [-0.2, -0.15) is 0 Å². The van der Waals surface area contributed by atoms with Crippen LogP contribution in [0, 0.1) is 0 Å². The third-order valence-electron chi connectivity index (χ3n) is 5.65. The molecule has 2 amide bonds. The van der Waals surface area contributed by atoms with E-state index < -0.39 is 0 Å². The van der Waals surface area contributed by atoms with Gasteiger partial charge in [-0.3, -0.25) is 4.90 Å². The highest BCUT2D eigenvalue weighted by atomic mass is 16.5. The van der Waals surface area contributed by atoms with Gasteiger partial charge in [-0.25, -0.2) is 4.79 Å². The smallest absolute Gasteiger partial charge is 0.318 e. The summed E-state index contributed by atoms with van der Waals surface area (Å²) in [4.78, 5) is 17.1. The molecule has 0 spiro atoms. The lowest BCUT2D eigenvalue weighted by Crippen LogP contribution is -2.49. The lowest BCUT2D eigenvalue weighted by molar-refractivity contribution is 0.0292. The van der Waals surface area contributed by atoms with Crippen molar-refractivity contribution in [3.05, 3.63) is 17.0 Å². The van der Waals surface area contributed by atoms with Crippen LogP contribution in [0.2, 0.25) is 0 Å². The van der Waals surface area contributed by atoms with E-state index in [0.717, 1.165) is 76.5 Å². The SMILES string of the molecule is O=C(NCc1noc2c1CCCC2)N1CCC[C@H]1CN1CCOCC1. The average Bonchev–Trinajstić information content (AvgIpc) is 3.27. The molecule has 0 unspecified atom stereocenters. The molecule has 2 aliphatic heterocycles. The number of ether oxygens (including phenoxy) is 1. The molecule has 0 saturated carbocycles. The number of nitrogens with zero attached hydrogens (tertiary/aromatic N) is 3. The van der Waals surface area contributed by atoms with Gasteiger partial charge in [-0.15, -0.1) is 0 Å². The summed E-state index contributed by atoms with van der Waals surface area (Å²) >= 11 is 0. The molecule has 1 atom stereocenters. The number of hydrogen-bond acceptors (Lipinski definition) is 5. The van der Waals surface area contributed by atoms with Crippen molar-refractivity contribution >= 4 is 6.03 Å². The van der Waals surface area contributed by atoms with Crippen molar-refractivity contribution in [1.82, 2.24) is 20.3 Å². The molecule has 1 N–H and O–H groups in total. The number of aryl methyl sites for hydroxylation is 1. The Morgan fingerprint density at radius 3 is 2.88 bits per heavy atom. The van der Waals surface area contributed by atoms with Gasteiger partial charge in [0.1, 0.15) is 11.5 Å². The first-order chi connectivity index (χ1) is 12.3. The third-order valence-corrected chi connectivity index (χ3v) is 5.65. The molecule has 3 aliphatic rings. The predicted molar refractivity (Wildman–Crippen MR) is 92.4 cm³/mol. The van der Waals surface area contributed by atoms with Crippen molar-refractivity contribution in [2.45, 2.75) is 51.1 Å². The summed E-state index contributed by atoms with van der Waals surface area (Å²) < 4.78 is 10.8. The molecule has 1 aliphatic carbocycles. The molecule has 3 heterocycles. The molecule has 25 heavy (non-hydrogen) atoms. The van der Waals surface area contributed by atoms with E-state index in [2.05, 4.69) is 15.4 Å². The van der Waals surface area contributed by atoms with E-state index in [1.807, 2.05) is 4.90 Å². The van der Waals surface area contributed by atoms with Crippen LogP contribution in [0.5, 0.6) is 0 Å². The van der Waals surface area contributed by atoms with Gasteiger partial charge >= 0.3 is 6.03 Å². The lowest BCUT2D eigenvalue weighted by Gasteiger charge is -2.32. The van der Waals surface area contributed by atoms with Gasteiger partial charge < -0.3 is 19.5 Å². The first-order valence-corrected chi connectivity index (χ1v) is 9.62. The van der Waals surface area contributed by atoms with Crippen LogP contribution in [0.25, 0.3) is 0 Å². The zero-order valence-corrected chi connectivity index (χ0v) is 14.8. The predicted octanol–water partition coefficient (Wildman–Crippen LogP) is 1.56. The Kier molecular flexibility index (Phi) is 5.22. The molecule has 7 nitrogen and oxygen atoms in total. The number of morpholine rings is 1. The second kappa shape index (κ2) is 7.74. The summed E-state index contributed by atoms with van der Waals surface area (Å²) in [5, 5.41) is 7.24. The van der Waals surface area contributed by atoms with Gasteiger partial charge in [0.05, 0.1) is 19.8 Å². The van der Waals surface area contributed by atoms with Gasteiger partial charge in [0.25, 0.3) is 0 Å². The first-order valence-electron chi connectivity index (χ1n) is 9.62. The second-order valence-electron chi connectivity index (χ2n) is 7.30. The van der Waals surface area contributed by atoms with Gasteiger partial charge in [0, 0.05) is 44.2 Å². The van der Waals surface area contributed by atoms with Crippen LogP contribution >= 0.6 is 0 Å². The fraction of sp³-hybridized carbons (Fsp3) is 0.778. The van der Waals surface area contributed by atoms with E-state index in [4.69, 9.17) is 9.26 Å². The van der Waals surface area contributed by atoms with Crippen LogP contribution in [0.4, 0.5) is 4.79 Å². The standard InChI is InChI=1S/C18H28N4O3/c23-18(19-12-16-15-5-1-2-6-17(15)25-20-16)22-7-3-4-14(22)13-21-8-10-24-11-9-21/h14H,1-13H2,(H,19,23)/t14-/m0/s1. The zero-order chi connectivity index (χ0) is 17.1. The topological polar surface area (TPSA) is 70.8 Å². The van der Waals surface area contributed by atoms with Crippen molar-refractivity contribution in [3.63, 3.8) is 0 Å². The monoisotopic (exact) mass is 348 g/mol. The minimum absolute atomic E-state index is 0.0309. The molecule has 4 rings (SSSR count). The average molecular weight is 348 g/mol. The molecular formula is C18H28N4O3. The summed E-state index contributed by atoms with van der Waals surface area (Å²) in [7, 11) is 0. The molecule has 1 aromatic heterocycles. The zero-order valence-electron chi connectivity index (χ0n) is 14.8. The molecule has 2 saturated heterocycles. The fourth-order valence-corrected chi connectivity index (χ4v) is 4.22. The van der Waals surface area contributed by atoms with Gasteiger partial charge in [0.15, 0.2) is 0 Å². The van der Waals surface area contributed by atoms with E-state index in [1.54, 1.807) is 0 Å². The number of amides is 2.